The minimum Gasteiger partial charge on any atom is -0.379 e. The van der Waals surface area contributed by atoms with Crippen LogP contribution in [0.4, 0.5) is 14.5 Å². The van der Waals surface area contributed by atoms with Crippen LogP contribution in [0, 0.1) is 11.6 Å². The maximum Gasteiger partial charge on any atom is 0.239 e. The Bertz CT molecular complexity index is 459. The Hall–Kier alpha value is -1.73. The smallest absolute Gasteiger partial charge is 0.239 e. The van der Waals surface area contributed by atoms with Gasteiger partial charge in [0, 0.05) is 26.2 Å². The normalized spacial score (nSPS) is 15.7. The molecule has 0 radical (unpaired) electrons. The number of amides is 1. The van der Waals surface area contributed by atoms with Crippen molar-refractivity contribution in [1.82, 2.24) is 10.2 Å². The molecule has 1 saturated heterocycles. The molecular formula is C14H19F2N3O2. The second kappa shape index (κ2) is 7.90. The molecule has 1 amide bonds. The molecule has 0 spiro atoms. The van der Waals surface area contributed by atoms with Gasteiger partial charge in [-0.25, -0.2) is 8.78 Å². The number of nitrogens with zero attached hydrogens (tertiary/aromatic N) is 1. The van der Waals surface area contributed by atoms with E-state index in [0.717, 1.165) is 31.8 Å². The van der Waals surface area contributed by atoms with Crippen LogP contribution in [0.15, 0.2) is 18.2 Å². The molecule has 0 aromatic heterocycles. The van der Waals surface area contributed by atoms with Crippen molar-refractivity contribution >= 4 is 11.6 Å². The summed E-state index contributed by atoms with van der Waals surface area (Å²) < 4.78 is 31.9. The van der Waals surface area contributed by atoms with Gasteiger partial charge in [-0.15, -0.1) is 0 Å². The van der Waals surface area contributed by atoms with Crippen molar-refractivity contribution < 1.29 is 18.3 Å². The number of para-hydroxylation sites is 1. The van der Waals surface area contributed by atoms with Crippen molar-refractivity contribution in [3.8, 4) is 0 Å². The first-order chi connectivity index (χ1) is 10.2. The molecule has 2 rings (SSSR count). The molecule has 1 fully saturated rings. The van der Waals surface area contributed by atoms with Crippen LogP contribution in [-0.2, 0) is 9.53 Å². The zero-order valence-electron chi connectivity index (χ0n) is 11.7. The third kappa shape index (κ3) is 4.95. The van der Waals surface area contributed by atoms with Gasteiger partial charge < -0.3 is 15.4 Å². The van der Waals surface area contributed by atoms with Crippen LogP contribution in [0.1, 0.15) is 0 Å². The number of hydrogen-bond acceptors (Lipinski definition) is 4. The number of morpholine rings is 1. The minimum atomic E-state index is -0.712. The zero-order valence-corrected chi connectivity index (χ0v) is 11.7. The molecule has 1 aromatic carbocycles. The van der Waals surface area contributed by atoms with Crippen molar-refractivity contribution in [2.75, 3.05) is 51.3 Å². The second-order valence-corrected chi connectivity index (χ2v) is 4.75. The highest BCUT2D eigenvalue weighted by Crippen LogP contribution is 2.17. The standard InChI is InChI=1S/C14H19F2N3O2/c15-11-2-1-3-12(16)14(11)18-10-13(20)17-4-5-19-6-8-21-9-7-19/h1-3,18H,4-10H2,(H,17,20). The highest BCUT2D eigenvalue weighted by Gasteiger charge is 2.11. The first kappa shape index (κ1) is 15.7. The zero-order chi connectivity index (χ0) is 15.1. The van der Waals surface area contributed by atoms with Crippen molar-refractivity contribution in [2.24, 2.45) is 0 Å². The van der Waals surface area contributed by atoms with E-state index in [1.165, 1.54) is 6.07 Å². The van der Waals surface area contributed by atoms with Gasteiger partial charge in [0.15, 0.2) is 0 Å². The highest BCUT2D eigenvalue weighted by atomic mass is 19.1. The summed E-state index contributed by atoms with van der Waals surface area (Å²) in [5, 5.41) is 5.18. The van der Waals surface area contributed by atoms with Crippen LogP contribution in [0.3, 0.4) is 0 Å². The molecule has 7 heteroatoms. The molecule has 2 N–H and O–H groups in total. The Morgan fingerprint density at radius 1 is 1.24 bits per heavy atom. The summed E-state index contributed by atoms with van der Waals surface area (Å²) in [4.78, 5) is 13.8. The van der Waals surface area contributed by atoms with E-state index in [0.29, 0.717) is 19.8 Å². The lowest BCUT2D eigenvalue weighted by atomic mass is 10.3. The molecule has 1 heterocycles. The number of ether oxygens (including phenoxy) is 1. The van der Waals surface area contributed by atoms with E-state index in [-0.39, 0.29) is 18.1 Å². The van der Waals surface area contributed by atoms with Crippen LogP contribution < -0.4 is 10.6 Å². The Morgan fingerprint density at radius 2 is 1.90 bits per heavy atom. The molecule has 0 aliphatic carbocycles. The van der Waals surface area contributed by atoms with Gasteiger partial charge >= 0.3 is 0 Å². The predicted molar refractivity (Wildman–Crippen MR) is 75.1 cm³/mol. The van der Waals surface area contributed by atoms with E-state index < -0.39 is 11.6 Å². The fraction of sp³-hybridized carbons (Fsp3) is 0.500. The summed E-state index contributed by atoms with van der Waals surface area (Å²) in [6.07, 6.45) is 0. The summed E-state index contributed by atoms with van der Waals surface area (Å²) in [5.41, 5.74) is -0.277. The molecule has 1 aliphatic rings. The summed E-state index contributed by atoms with van der Waals surface area (Å²) >= 11 is 0. The molecule has 5 nitrogen and oxygen atoms in total. The Balaban J connectivity index is 1.67. The summed E-state index contributed by atoms with van der Waals surface area (Å²) in [5.74, 6) is -1.72. The van der Waals surface area contributed by atoms with Gasteiger partial charge in [0.1, 0.15) is 17.3 Å². The molecule has 116 valence electrons. The molecule has 0 atom stereocenters. The Kier molecular flexibility index (Phi) is 5.89. The quantitative estimate of drug-likeness (QED) is 0.817. The minimum absolute atomic E-state index is 0.166. The lowest BCUT2D eigenvalue weighted by Gasteiger charge is -2.26. The second-order valence-electron chi connectivity index (χ2n) is 4.75. The van der Waals surface area contributed by atoms with Gasteiger partial charge in [-0.2, -0.15) is 0 Å². The van der Waals surface area contributed by atoms with Crippen LogP contribution >= 0.6 is 0 Å². The number of hydrogen-bond donors (Lipinski definition) is 2. The van der Waals surface area contributed by atoms with E-state index >= 15 is 0 Å². The monoisotopic (exact) mass is 299 g/mol. The third-order valence-electron chi connectivity index (χ3n) is 3.24. The maximum atomic E-state index is 13.3. The van der Waals surface area contributed by atoms with Gasteiger partial charge in [0.2, 0.25) is 5.91 Å². The van der Waals surface area contributed by atoms with Gasteiger partial charge in [-0.3, -0.25) is 9.69 Å². The van der Waals surface area contributed by atoms with Gasteiger partial charge in [0.05, 0.1) is 19.8 Å². The predicted octanol–water partition coefficient (Wildman–Crippen LogP) is 0.825. The van der Waals surface area contributed by atoms with E-state index in [4.69, 9.17) is 4.74 Å². The number of nitrogens with one attached hydrogen (secondary N) is 2. The van der Waals surface area contributed by atoms with Gasteiger partial charge in [-0.05, 0) is 12.1 Å². The summed E-state index contributed by atoms with van der Waals surface area (Å²) in [6, 6.07) is 3.56. The average Bonchev–Trinajstić information content (AvgIpc) is 2.48. The van der Waals surface area contributed by atoms with Crippen LogP contribution in [0.2, 0.25) is 0 Å². The Morgan fingerprint density at radius 3 is 2.57 bits per heavy atom. The number of benzene rings is 1. The number of carbonyl (C=O) groups excluding carboxylic acids is 1. The van der Waals surface area contributed by atoms with Crippen molar-refractivity contribution in [3.63, 3.8) is 0 Å². The SMILES string of the molecule is O=C(CNc1c(F)cccc1F)NCCN1CCOCC1. The number of halogens is 2. The van der Waals surface area contributed by atoms with E-state index in [2.05, 4.69) is 15.5 Å². The average molecular weight is 299 g/mol. The first-order valence-corrected chi connectivity index (χ1v) is 6.91. The molecule has 21 heavy (non-hydrogen) atoms. The van der Waals surface area contributed by atoms with Crippen LogP contribution in [0.5, 0.6) is 0 Å². The van der Waals surface area contributed by atoms with Crippen molar-refractivity contribution in [1.29, 1.82) is 0 Å². The molecule has 0 unspecified atom stereocenters. The lowest BCUT2D eigenvalue weighted by molar-refractivity contribution is -0.119. The molecule has 1 aromatic rings. The highest BCUT2D eigenvalue weighted by molar-refractivity contribution is 5.80. The van der Waals surface area contributed by atoms with Gasteiger partial charge in [0.25, 0.3) is 0 Å². The number of carbonyl (C=O) groups is 1. The summed E-state index contributed by atoms with van der Waals surface area (Å²) in [7, 11) is 0. The van der Waals surface area contributed by atoms with Crippen LogP contribution in [0.25, 0.3) is 0 Å². The maximum absolute atomic E-state index is 13.3. The Labute approximate surface area is 122 Å². The molecule has 0 saturated carbocycles. The van der Waals surface area contributed by atoms with Crippen molar-refractivity contribution in [2.45, 2.75) is 0 Å². The third-order valence-corrected chi connectivity index (χ3v) is 3.24. The number of anilines is 1. The van der Waals surface area contributed by atoms with Gasteiger partial charge in [-0.1, -0.05) is 6.07 Å². The fourth-order valence-electron chi connectivity index (χ4n) is 2.08. The fourth-order valence-corrected chi connectivity index (χ4v) is 2.08. The van der Waals surface area contributed by atoms with E-state index in [1.54, 1.807) is 0 Å². The topological polar surface area (TPSA) is 53.6 Å². The first-order valence-electron chi connectivity index (χ1n) is 6.91. The molecular weight excluding hydrogens is 280 g/mol. The van der Waals surface area contributed by atoms with E-state index in [1.807, 2.05) is 0 Å². The van der Waals surface area contributed by atoms with E-state index in [9.17, 15) is 13.6 Å². The number of rotatable bonds is 6. The largest absolute Gasteiger partial charge is 0.379 e. The lowest BCUT2D eigenvalue weighted by Crippen LogP contribution is -2.42. The van der Waals surface area contributed by atoms with Crippen molar-refractivity contribution in [3.05, 3.63) is 29.8 Å². The molecule has 1 aliphatic heterocycles. The van der Waals surface area contributed by atoms with Crippen LogP contribution in [-0.4, -0.2) is 56.7 Å². The molecule has 0 bridgehead atoms. The summed E-state index contributed by atoms with van der Waals surface area (Å²) in [6.45, 7) is 4.21.